The molecular weight excluding hydrogens is 280 g/mol. The summed E-state index contributed by atoms with van der Waals surface area (Å²) >= 11 is 1.49. The van der Waals surface area contributed by atoms with Gasteiger partial charge in [0.2, 0.25) is 0 Å². The van der Waals surface area contributed by atoms with Crippen molar-refractivity contribution in [3.63, 3.8) is 0 Å². The zero-order valence-electron chi connectivity index (χ0n) is 11.7. The van der Waals surface area contributed by atoms with Gasteiger partial charge in [0.25, 0.3) is 0 Å². The highest BCUT2D eigenvalue weighted by molar-refractivity contribution is 8.00. The summed E-state index contributed by atoms with van der Waals surface area (Å²) in [6.07, 6.45) is 4.87. The molecule has 0 saturated carbocycles. The number of hydrogen-bond acceptors (Lipinski definition) is 5. The van der Waals surface area contributed by atoms with Gasteiger partial charge in [-0.15, -0.1) is 11.8 Å². The first-order valence-electron chi connectivity index (χ1n) is 6.33. The summed E-state index contributed by atoms with van der Waals surface area (Å²) in [6.45, 7) is 4.07. The fraction of sp³-hybridized carbons (Fsp3) is 0.615. The standard InChI is InChI=1S/C13H22N2O2S2/c1-4-12(14)8-11-7-10(2)13(15-9-11)18-5-6-19(3,16)17/h7,9,12H,4-6,8,14H2,1-3H3. The average molecular weight is 302 g/mol. The molecule has 0 aromatic carbocycles. The second-order valence-corrected chi connectivity index (χ2v) is 8.16. The van der Waals surface area contributed by atoms with E-state index in [2.05, 4.69) is 18.0 Å². The number of nitrogens with zero attached hydrogens (tertiary/aromatic N) is 1. The Labute approximate surface area is 120 Å². The van der Waals surface area contributed by atoms with Crippen LogP contribution in [0.5, 0.6) is 0 Å². The van der Waals surface area contributed by atoms with Crippen molar-refractivity contribution in [2.75, 3.05) is 17.8 Å². The smallest absolute Gasteiger partial charge is 0.148 e. The van der Waals surface area contributed by atoms with Crippen LogP contribution in [0.1, 0.15) is 24.5 Å². The van der Waals surface area contributed by atoms with E-state index in [1.54, 1.807) is 0 Å². The van der Waals surface area contributed by atoms with Crippen LogP contribution in [0, 0.1) is 6.92 Å². The fourth-order valence-corrected chi connectivity index (χ4v) is 3.77. The topological polar surface area (TPSA) is 73.0 Å². The van der Waals surface area contributed by atoms with Crippen molar-refractivity contribution < 1.29 is 8.42 Å². The molecule has 19 heavy (non-hydrogen) atoms. The molecule has 6 heteroatoms. The number of thioether (sulfide) groups is 1. The number of sulfone groups is 1. The van der Waals surface area contributed by atoms with Crippen LogP contribution in [0.4, 0.5) is 0 Å². The molecule has 108 valence electrons. The molecule has 0 spiro atoms. The maximum Gasteiger partial charge on any atom is 0.148 e. The van der Waals surface area contributed by atoms with Gasteiger partial charge in [-0.1, -0.05) is 13.0 Å². The lowest BCUT2D eigenvalue weighted by Crippen LogP contribution is -2.21. The van der Waals surface area contributed by atoms with E-state index in [0.717, 1.165) is 29.0 Å². The lowest BCUT2D eigenvalue weighted by molar-refractivity contribution is 0.603. The Morgan fingerprint density at radius 2 is 2.16 bits per heavy atom. The van der Waals surface area contributed by atoms with E-state index in [1.807, 2.05) is 13.1 Å². The number of aryl methyl sites for hydroxylation is 1. The number of rotatable bonds is 7. The molecule has 0 aliphatic carbocycles. The van der Waals surface area contributed by atoms with Gasteiger partial charge in [0.1, 0.15) is 9.84 Å². The Morgan fingerprint density at radius 1 is 1.47 bits per heavy atom. The van der Waals surface area contributed by atoms with Crippen LogP contribution in [-0.2, 0) is 16.3 Å². The Hall–Kier alpha value is -0.590. The summed E-state index contributed by atoms with van der Waals surface area (Å²) < 4.78 is 22.1. The maximum absolute atomic E-state index is 11.1. The molecule has 0 saturated heterocycles. The van der Waals surface area contributed by atoms with Crippen LogP contribution < -0.4 is 5.73 Å². The van der Waals surface area contributed by atoms with Gasteiger partial charge >= 0.3 is 0 Å². The monoisotopic (exact) mass is 302 g/mol. The van der Waals surface area contributed by atoms with Crippen molar-refractivity contribution in [2.45, 2.75) is 37.8 Å². The second-order valence-electron chi connectivity index (χ2n) is 4.82. The van der Waals surface area contributed by atoms with Gasteiger partial charge in [-0.2, -0.15) is 0 Å². The zero-order valence-corrected chi connectivity index (χ0v) is 13.4. The molecule has 1 atom stereocenters. The van der Waals surface area contributed by atoms with E-state index in [0.29, 0.717) is 5.75 Å². The molecule has 0 amide bonds. The number of nitrogens with two attached hydrogens (primary N) is 1. The van der Waals surface area contributed by atoms with Crippen molar-refractivity contribution >= 4 is 21.6 Å². The van der Waals surface area contributed by atoms with Crippen molar-refractivity contribution in [1.82, 2.24) is 4.98 Å². The molecular formula is C13H22N2O2S2. The Balaban J connectivity index is 2.62. The normalized spacial score (nSPS) is 13.5. The molecule has 1 aromatic rings. The molecule has 0 fully saturated rings. The van der Waals surface area contributed by atoms with Crippen molar-refractivity contribution in [1.29, 1.82) is 0 Å². The average Bonchev–Trinajstić information content (AvgIpc) is 2.30. The van der Waals surface area contributed by atoms with E-state index in [-0.39, 0.29) is 11.8 Å². The molecule has 1 heterocycles. The van der Waals surface area contributed by atoms with Crippen molar-refractivity contribution in [3.8, 4) is 0 Å². The fourth-order valence-electron chi connectivity index (χ4n) is 1.62. The highest BCUT2D eigenvalue weighted by Crippen LogP contribution is 2.21. The van der Waals surface area contributed by atoms with Gasteiger partial charge in [0.15, 0.2) is 0 Å². The van der Waals surface area contributed by atoms with Crippen LogP contribution in [0.2, 0.25) is 0 Å². The number of pyridine rings is 1. The maximum atomic E-state index is 11.1. The predicted molar refractivity (Wildman–Crippen MR) is 81.4 cm³/mol. The highest BCUT2D eigenvalue weighted by atomic mass is 32.2. The van der Waals surface area contributed by atoms with Crippen LogP contribution in [-0.4, -0.2) is 37.2 Å². The summed E-state index contributed by atoms with van der Waals surface area (Å²) in [5.74, 6) is 0.724. The number of hydrogen-bond donors (Lipinski definition) is 1. The lowest BCUT2D eigenvalue weighted by Gasteiger charge is -2.10. The zero-order chi connectivity index (χ0) is 14.5. The minimum Gasteiger partial charge on any atom is -0.327 e. The Bertz CT molecular complexity index is 515. The third-order valence-corrected chi connectivity index (χ3v) is 5.12. The first-order chi connectivity index (χ1) is 8.81. The van der Waals surface area contributed by atoms with Gasteiger partial charge in [0, 0.05) is 24.2 Å². The molecule has 1 rings (SSSR count). The first-order valence-corrected chi connectivity index (χ1v) is 9.38. The van der Waals surface area contributed by atoms with Crippen LogP contribution in [0.25, 0.3) is 0 Å². The van der Waals surface area contributed by atoms with Gasteiger partial charge in [-0.05, 0) is 30.9 Å². The third kappa shape index (κ3) is 6.40. The van der Waals surface area contributed by atoms with Gasteiger partial charge in [-0.3, -0.25) is 0 Å². The van der Waals surface area contributed by atoms with Crippen molar-refractivity contribution in [3.05, 3.63) is 23.4 Å². The van der Waals surface area contributed by atoms with E-state index in [9.17, 15) is 8.42 Å². The summed E-state index contributed by atoms with van der Waals surface area (Å²) in [5.41, 5.74) is 8.14. The van der Waals surface area contributed by atoms with Gasteiger partial charge < -0.3 is 5.73 Å². The first kappa shape index (κ1) is 16.5. The minimum absolute atomic E-state index is 0.171. The molecule has 4 nitrogen and oxygen atoms in total. The summed E-state index contributed by atoms with van der Waals surface area (Å²) in [7, 11) is -2.90. The van der Waals surface area contributed by atoms with Gasteiger partial charge in [-0.25, -0.2) is 13.4 Å². The predicted octanol–water partition coefficient (Wildman–Crippen LogP) is 1.81. The molecule has 0 bridgehead atoms. The van der Waals surface area contributed by atoms with E-state index in [4.69, 9.17) is 5.73 Å². The van der Waals surface area contributed by atoms with Crippen LogP contribution >= 0.6 is 11.8 Å². The molecule has 2 N–H and O–H groups in total. The van der Waals surface area contributed by atoms with Crippen LogP contribution in [0.3, 0.4) is 0 Å². The quantitative estimate of drug-likeness (QED) is 0.778. The number of aromatic nitrogens is 1. The summed E-state index contributed by atoms with van der Waals surface area (Å²) in [4.78, 5) is 4.40. The van der Waals surface area contributed by atoms with E-state index >= 15 is 0 Å². The molecule has 1 aromatic heterocycles. The largest absolute Gasteiger partial charge is 0.327 e. The summed E-state index contributed by atoms with van der Waals surface area (Å²) in [5, 5.41) is 0.900. The lowest BCUT2D eigenvalue weighted by atomic mass is 10.1. The minimum atomic E-state index is -2.90. The molecule has 0 aliphatic heterocycles. The molecule has 1 unspecified atom stereocenters. The molecule has 0 radical (unpaired) electrons. The summed E-state index contributed by atoms with van der Waals surface area (Å²) in [6, 6.07) is 2.26. The molecule has 0 aliphatic rings. The SMILES string of the molecule is CCC(N)Cc1cnc(SCCS(C)(=O)=O)c(C)c1. The second kappa shape index (κ2) is 7.26. The van der Waals surface area contributed by atoms with E-state index in [1.165, 1.54) is 18.0 Å². The van der Waals surface area contributed by atoms with E-state index < -0.39 is 9.84 Å². The Morgan fingerprint density at radius 3 is 2.68 bits per heavy atom. The van der Waals surface area contributed by atoms with Crippen LogP contribution in [0.15, 0.2) is 17.3 Å². The van der Waals surface area contributed by atoms with Crippen molar-refractivity contribution in [2.24, 2.45) is 5.73 Å². The third-order valence-electron chi connectivity index (χ3n) is 2.80. The van der Waals surface area contributed by atoms with Gasteiger partial charge in [0.05, 0.1) is 10.8 Å². The Kier molecular flexibility index (Phi) is 6.29. The highest BCUT2D eigenvalue weighted by Gasteiger charge is 2.08.